The van der Waals surface area contributed by atoms with E-state index in [1.54, 1.807) is 4.18 Å². The molecule has 0 aliphatic rings. The molecule has 0 aromatic rings. The molecule has 17 heteroatoms. The smallest absolute Gasteiger partial charge is 0.381 e. The Kier molecular flexibility index (Phi) is 9.80. The Morgan fingerprint density at radius 1 is 0.667 bits per heavy atom. The van der Waals surface area contributed by atoms with Crippen LogP contribution in [0.3, 0.4) is 0 Å². The molecule has 0 heterocycles. The number of ether oxygens (including phenoxy) is 2. The first-order valence-corrected chi connectivity index (χ1v) is 9.42. The van der Waals surface area contributed by atoms with Crippen molar-refractivity contribution in [1.82, 2.24) is 0 Å². The van der Waals surface area contributed by atoms with Crippen LogP contribution in [0.1, 0.15) is 32.6 Å². The van der Waals surface area contributed by atoms with Gasteiger partial charge in [-0.2, -0.15) is 60.9 Å². The zero-order valence-electron chi connectivity index (χ0n) is 15.1. The minimum Gasteiger partial charge on any atom is -0.381 e. The predicted octanol–water partition coefficient (Wildman–Crippen LogP) is 4.92. The number of alkyl halides is 11. The summed E-state index contributed by atoms with van der Waals surface area (Å²) in [5, 5.41) is 0. The van der Waals surface area contributed by atoms with E-state index < -0.39 is 52.7 Å². The Morgan fingerprint density at radius 2 is 1.10 bits per heavy atom. The second kappa shape index (κ2) is 10.1. The molecule has 0 bridgehead atoms. The van der Waals surface area contributed by atoms with Crippen LogP contribution in [-0.4, -0.2) is 57.8 Å². The van der Waals surface area contributed by atoms with E-state index in [1.165, 1.54) is 0 Å². The summed E-state index contributed by atoms with van der Waals surface area (Å²) < 4.78 is 173. The molecule has 0 atom stereocenters. The largest absolute Gasteiger partial charge is 0.523 e. The lowest BCUT2D eigenvalue weighted by Gasteiger charge is -2.35. The molecule has 0 saturated heterocycles. The monoisotopic (exact) mass is 494 g/mol. The van der Waals surface area contributed by atoms with Crippen molar-refractivity contribution in [3.63, 3.8) is 0 Å². The average Bonchev–Trinajstić information content (AvgIpc) is 2.54. The minimum atomic E-state index is -7.54. The van der Waals surface area contributed by atoms with Crippen LogP contribution in [0.2, 0.25) is 0 Å². The quantitative estimate of drug-likeness (QED) is 0.149. The van der Waals surface area contributed by atoms with Gasteiger partial charge in [0.1, 0.15) is 0 Å². The van der Waals surface area contributed by atoms with E-state index in [-0.39, 0.29) is 13.0 Å². The number of rotatable bonds is 14. The first-order valence-electron chi connectivity index (χ1n) is 8.01. The van der Waals surface area contributed by atoms with Crippen LogP contribution < -0.4 is 0 Å². The number of hydrogen-bond acceptors (Lipinski definition) is 5. The third-order valence-electron chi connectivity index (χ3n) is 3.23. The third kappa shape index (κ3) is 6.78. The molecule has 0 aromatic carbocycles. The van der Waals surface area contributed by atoms with E-state index in [1.807, 2.05) is 6.92 Å². The Hall–Kier alpha value is -0.940. The van der Waals surface area contributed by atoms with Gasteiger partial charge in [-0.05, 0) is 19.3 Å². The van der Waals surface area contributed by atoms with Crippen LogP contribution in [0.5, 0.6) is 0 Å². The number of unbranched alkanes of at least 4 members (excludes halogenated alkanes) is 2. The fourth-order valence-corrected chi connectivity index (χ4v) is 2.02. The summed E-state index contributed by atoms with van der Waals surface area (Å²) in [5.74, 6) is -14.6. The Morgan fingerprint density at radius 3 is 1.57 bits per heavy atom. The van der Waals surface area contributed by atoms with Crippen LogP contribution in [0.4, 0.5) is 48.3 Å². The van der Waals surface area contributed by atoms with Gasteiger partial charge in [-0.25, -0.2) is 0 Å². The molecule has 0 saturated carbocycles. The standard InChI is InChI=1S/C13H17F11O5S/c1-2-3-6-27-7-4-5-8-28-11(18,19)9(14,15)10(16,17)12(20,21)29-30(25,26)13(22,23)24/h2-8H2,1H3. The molecule has 0 spiro atoms. The van der Waals surface area contributed by atoms with Crippen molar-refractivity contribution in [1.29, 1.82) is 0 Å². The number of halogens is 11. The highest BCUT2D eigenvalue weighted by molar-refractivity contribution is 7.87. The van der Waals surface area contributed by atoms with Gasteiger partial charge in [0, 0.05) is 13.2 Å². The lowest BCUT2D eigenvalue weighted by atomic mass is 10.1. The highest BCUT2D eigenvalue weighted by Gasteiger charge is 2.84. The average molecular weight is 494 g/mol. The van der Waals surface area contributed by atoms with Crippen molar-refractivity contribution >= 4 is 10.1 Å². The Labute approximate surface area is 163 Å². The van der Waals surface area contributed by atoms with Gasteiger partial charge in [-0.3, -0.25) is 0 Å². The van der Waals surface area contributed by atoms with E-state index in [0.29, 0.717) is 13.0 Å². The van der Waals surface area contributed by atoms with E-state index in [9.17, 15) is 56.7 Å². The topological polar surface area (TPSA) is 61.8 Å². The summed E-state index contributed by atoms with van der Waals surface area (Å²) in [6, 6.07) is 0. The van der Waals surface area contributed by atoms with Crippen molar-refractivity contribution in [2.45, 2.75) is 62.2 Å². The van der Waals surface area contributed by atoms with Crippen molar-refractivity contribution in [3.05, 3.63) is 0 Å². The fourth-order valence-electron chi connectivity index (χ4n) is 1.55. The molecular formula is C13H17F11O5S. The summed E-state index contributed by atoms with van der Waals surface area (Å²) in [6.45, 7) is 0.752. The Bertz CT molecular complexity index is 634. The zero-order valence-corrected chi connectivity index (χ0v) is 15.9. The molecule has 5 nitrogen and oxygen atoms in total. The minimum absolute atomic E-state index is 0.0390. The van der Waals surface area contributed by atoms with E-state index in [4.69, 9.17) is 4.74 Å². The molecule has 0 radical (unpaired) electrons. The molecule has 0 fully saturated rings. The van der Waals surface area contributed by atoms with Gasteiger partial charge in [0.15, 0.2) is 0 Å². The van der Waals surface area contributed by atoms with E-state index in [0.717, 1.165) is 6.42 Å². The molecule has 0 N–H and O–H groups in total. The molecule has 0 aliphatic heterocycles. The van der Waals surface area contributed by atoms with E-state index in [2.05, 4.69) is 4.74 Å². The van der Waals surface area contributed by atoms with Gasteiger partial charge in [0.25, 0.3) is 0 Å². The summed E-state index contributed by atoms with van der Waals surface area (Å²) in [6.07, 6.45) is -12.6. The Balaban J connectivity index is 5.17. The normalized spacial score (nSPS) is 14.9. The third-order valence-corrected chi connectivity index (χ3v) is 4.23. The first-order chi connectivity index (χ1) is 13.3. The summed E-state index contributed by atoms with van der Waals surface area (Å²) >= 11 is 0. The van der Waals surface area contributed by atoms with Crippen molar-refractivity contribution in [3.8, 4) is 0 Å². The van der Waals surface area contributed by atoms with E-state index >= 15 is 0 Å². The SMILES string of the molecule is CCCCOCCCCOC(F)(F)C(F)(F)C(F)(F)C(F)(F)OS(=O)(=O)C(F)(F)F. The van der Waals surface area contributed by atoms with Gasteiger partial charge < -0.3 is 9.47 Å². The molecule has 0 aromatic heterocycles. The van der Waals surface area contributed by atoms with Crippen molar-refractivity contribution in [2.24, 2.45) is 0 Å². The maximum atomic E-state index is 13.4. The van der Waals surface area contributed by atoms with Crippen molar-refractivity contribution < 1.29 is 70.4 Å². The molecule has 30 heavy (non-hydrogen) atoms. The van der Waals surface area contributed by atoms with Gasteiger partial charge in [0.2, 0.25) is 0 Å². The van der Waals surface area contributed by atoms with Crippen LogP contribution in [0, 0.1) is 0 Å². The van der Waals surface area contributed by atoms with Gasteiger partial charge >= 0.3 is 39.7 Å². The maximum Gasteiger partial charge on any atom is 0.523 e. The highest BCUT2D eigenvalue weighted by Crippen LogP contribution is 2.54. The molecular weight excluding hydrogens is 477 g/mol. The molecule has 0 aliphatic carbocycles. The summed E-state index contributed by atoms with van der Waals surface area (Å²) in [4.78, 5) is 0. The zero-order chi connectivity index (χ0) is 24.1. The highest BCUT2D eigenvalue weighted by atomic mass is 32.2. The molecule has 0 unspecified atom stereocenters. The van der Waals surface area contributed by atoms with Gasteiger partial charge in [-0.15, -0.1) is 0 Å². The van der Waals surface area contributed by atoms with Crippen LogP contribution in [0.15, 0.2) is 0 Å². The van der Waals surface area contributed by atoms with Crippen LogP contribution >= 0.6 is 0 Å². The van der Waals surface area contributed by atoms with Gasteiger partial charge in [-0.1, -0.05) is 13.3 Å². The van der Waals surface area contributed by atoms with Gasteiger partial charge in [0.05, 0.1) is 6.61 Å². The first kappa shape index (κ1) is 29.1. The molecule has 0 rings (SSSR count). The summed E-state index contributed by atoms with van der Waals surface area (Å²) in [5.41, 5.74) is -6.72. The van der Waals surface area contributed by atoms with Crippen molar-refractivity contribution in [2.75, 3.05) is 19.8 Å². The maximum absolute atomic E-state index is 13.4. The summed E-state index contributed by atoms with van der Waals surface area (Å²) in [7, 11) is -7.54. The molecule has 182 valence electrons. The lowest BCUT2D eigenvalue weighted by molar-refractivity contribution is -0.451. The van der Waals surface area contributed by atoms with Crippen LogP contribution in [-0.2, 0) is 23.8 Å². The molecule has 0 amide bonds. The fraction of sp³-hybridized carbons (Fsp3) is 1.00. The second-order valence-electron chi connectivity index (χ2n) is 5.69. The lowest BCUT2D eigenvalue weighted by Crippen LogP contribution is -2.64. The predicted molar refractivity (Wildman–Crippen MR) is 76.8 cm³/mol. The number of hydrogen-bond donors (Lipinski definition) is 0. The van der Waals surface area contributed by atoms with Crippen LogP contribution in [0.25, 0.3) is 0 Å². The second-order valence-corrected chi connectivity index (χ2v) is 7.22.